The minimum Gasteiger partial charge on any atom is -0.211 e. The molecule has 1 aliphatic rings. The summed E-state index contributed by atoms with van der Waals surface area (Å²) in [7, 11) is -3.23. The van der Waals surface area contributed by atoms with Crippen molar-refractivity contribution < 1.29 is 8.42 Å². The summed E-state index contributed by atoms with van der Waals surface area (Å²) >= 11 is 0. The first-order valence-electron chi connectivity index (χ1n) is 4.44. The van der Waals surface area contributed by atoms with Crippen molar-refractivity contribution in [3.8, 4) is 0 Å². The molecule has 0 aromatic rings. The molecule has 0 saturated carbocycles. The van der Waals surface area contributed by atoms with Crippen molar-refractivity contribution in [2.24, 2.45) is 5.92 Å². The Morgan fingerprint density at radius 3 is 2.77 bits per heavy atom. The zero-order chi connectivity index (χ0) is 9.90. The lowest BCUT2D eigenvalue weighted by Gasteiger charge is -2.11. The van der Waals surface area contributed by atoms with Gasteiger partial charge in [-0.05, 0) is 18.4 Å². The summed E-state index contributed by atoms with van der Waals surface area (Å²) in [5, 5.41) is 0. The zero-order valence-corrected chi connectivity index (χ0v) is 8.76. The van der Waals surface area contributed by atoms with Gasteiger partial charge in [0.2, 0.25) is 10.0 Å². The standard InChI is InChI=1S/C9H15NO2S/c1-3-10-13(11,12)9-6-4-8(2)5-7-9/h4,6-8,10H,3,5H2,1-2H3. The Morgan fingerprint density at radius 2 is 2.31 bits per heavy atom. The van der Waals surface area contributed by atoms with E-state index in [9.17, 15) is 8.42 Å². The van der Waals surface area contributed by atoms with Crippen LogP contribution in [0.4, 0.5) is 0 Å². The number of rotatable bonds is 3. The van der Waals surface area contributed by atoms with Crippen molar-refractivity contribution in [3.63, 3.8) is 0 Å². The van der Waals surface area contributed by atoms with Crippen LogP contribution in [0.3, 0.4) is 0 Å². The van der Waals surface area contributed by atoms with E-state index in [2.05, 4.69) is 11.6 Å². The van der Waals surface area contributed by atoms with Crippen LogP contribution < -0.4 is 4.72 Å². The van der Waals surface area contributed by atoms with Crippen LogP contribution in [0.1, 0.15) is 20.3 Å². The third-order valence-electron chi connectivity index (χ3n) is 1.92. The van der Waals surface area contributed by atoms with Crippen molar-refractivity contribution >= 4 is 10.0 Å². The molecule has 0 amide bonds. The van der Waals surface area contributed by atoms with E-state index in [4.69, 9.17) is 0 Å². The molecule has 1 aliphatic carbocycles. The predicted molar refractivity (Wildman–Crippen MR) is 53.6 cm³/mol. The summed E-state index contributed by atoms with van der Waals surface area (Å²) in [6, 6.07) is 0. The second-order valence-electron chi connectivity index (χ2n) is 3.18. The predicted octanol–water partition coefficient (Wildman–Crippen LogP) is 1.41. The average Bonchev–Trinajstić information content (AvgIpc) is 2.05. The minimum atomic E-state index is -3.23. The van der Waals surface area contributed by atoms with E-state index in [0.29, 0.717) is 17.4 Å². The van der Waals surface area contributed by atoms with E-state index in [0.717, 1.165) is 6.42 Å². The van der Waals surface area contributed by atoms with Crippen molar-refractivity contribution in [2.75, 3.05) is 6.54 Å². The maximum Gasteiger partial charge on any atom is 0.240 e. The van der Waals surface area contributed by atoms with E-state index in [1.54, 1.807) is 19.1 Å². The van der Waals surface area contributed by atoms with Gasteiger partial charge in [-0.1, -0.05) is 26.0 Å². The molecule has 4 heteroatoms. The lowest BCUT2D eigenvalue weighted by molar-refractivity contribution is 0.590. The minimum absolute atomic E-state index is 0.396. The molecule has 0 aromatic heterocycles. The fourth-order valence-electron chi connectivity index (χ4n) is 1.18. The van der Waals surface area contributed by atoms with Gasteiger partial charge >= 0.3 is 0 Å². The molecule has 74 valence electrons. The topological polar surface area (TPSA) is 46.2 Å². The van der Waals surface area contributed by atoms with E-state index in [1.807, 2.05) is 6.08 Å². The molecule has 0 bridgehead atoms. The Morgan fingerprint density at radius 1 is 1.62 bits per heavy atom. The Kier molecular flexibility index (Phi) is 3.27. The Bertz CT molecular complexity index is 328. The summed E-state index contributed by atoms with van der Waals surface area (Å²) in [6.07, 6.45) is 6.16. The average molecular weight is 201 g/mol. The third-order valence-corrected chi connectivity index (χ3v) is 3.52. The first-order valence-corrected chi connectivity index (χ1v) is 5.92. The van der Waals surface area contributed by atoms with Gasteiger partial charge in [-0.3, -0.25) is 0 Å². The number of nitrogens with one attached hydrogen (secondary N) is 1. The zero-order valence-electron chi connectivity index (χ0n) is 7.95. The highest BCUT2D eigenvalue weighted by Crippen LogP contribution is 2.18. The van der Waals surface area contributed by atoms with Crippen LogP contribution in [0, 0.1) is 5.92 Å². The van der Waals surface area contributed by atoms with Gasteiger partial charge in [-0.15, -0.1) is 0 Å². The lowest BCUT2D eigenvalue weighted by atomic mass is 10.0. The van der Waals surface area contributed by atoms with Gasteiger partial charge in [0.1, 0.15) is 0 Å². The molecule has 0 heterocycles. The molecule has 0 spiro atoms. The summed E-state index contributed by atoms with van der Waals surface area (Å²) < 4.78 is 25.4. The van der Waals surface area contributed by atoms with Gasteiger partial charge in [0.25, 0.3) is 0 Å². The van der Waals surface area contributed by atoms with Crippen LogP contribution in [0.2, 0.25) is 0 Å². The molecule has 0 saturated heterocycles. The van der Waals surface area contributed by atoms with Crippen LogP contribution in [-0.2, 0) is 10.0 Å². The van der Waals surface area contributed by atoms with Gasteiger partial charge in [0.05, 0.1) is 4.91 Å². The van der Waals surface area contributed by atoms with E-state index < -0.39 is 10.0 Å². The molecule has 3 nitrogen and oxygen atoms in total. The normalized spacial score (nSPS) is 22.9. The highest BCUT2D eigenvalue weighted by molar-refractivity contribution is 7.93. The van der Waals surface area contributed by atoms with Crippen LogP contribution in [0.5, 0.6) is 0 Å². The SMILES string of the molecule is CCNS(=O)(=O)C1=CCC(C)C=C1. The molecular formula is C9H15NO2S. The van der Waals surface area contributed by atoms with Gasteiger partial charge < -0.3 is 0 Å². The molecule has 0 aliphatic heterocycles. The fraction of sp³-hybridized carbons (Fsp3) is 0.556. The maximum atomic E-state index is 11.5. The van der Waals surface area contributed by atoms with Gasteiger partial charge in [-0.25, -0.2) is 13.1 Å². The molecule has 0 fully saturated rings. The van der Waals surface area contributed by atoms with Crippen LogP contribution in [0.15, 0.2) is 23.1 Å². The Balaban J connectivity index is 2.80. The number of allylic oxidation sites excluding steroid dienone is 3. The summed E-state index contributed by atoms with van der Waals surface area (Å²) in [4.78, 5) is 0.396. The lowest BCUT2D eigenvalue weighted by Crippen LogP contribution is -2.24. The summed E-state index contributed by atoms with van der Waals surface area (Å²) in [5.41, 5.74) is 0. The molecule has 0 aromatic carbocycles. The van der Waals surface area contributed by atoms with Crippen LogP contribution in [0.25, 0.3) is 0 Å². The first kappa shape index (κ1) is 10.5. The summed E-state index contributed by atoms with van der Waals surface area (Å²) in [6.45, 7) is 4.26. The van der Waals surface area contributed by atoms with Crippen molar-refractivity contribution in [1.29, 1.82) is 0 Å². The second kappa shape index (κ2) is 4.07. The van der Waals surface area contributed by atoms with Crippen molar-refractivity contribution in [3.05, 3.63) is 23.1 Å². The second-order valence-corrected chi connectivity index (χ2v) is 4.95. The molecule has 1 unspecified atom stereocenters. The van der Waals surface area contributed by atoms with Gasteiger partial charge in [0.15, 0.2) is 0 Å². The number of sulfonamides is 1. The van der Waals surface area contributed by atoms with Crippen molar-refractivity contribution in [2.45, 2.75) is 20.3 Å². The molecule has 1 rings (SSSR count). The summed E-state index contributed by atoms with van der Waals surface area (Å²) in [5.74, 6) is 0.445. The monoisotopic (exact) mass is 201 g/mol. The molecule has 1 N–H and O–H groups in total. The Hall–Kier alpha value is -0.610. The quantitative estimate of drug-likeness (QED) is 0.750. The van der Waals surface area contributed by atoms with Gasteiger partial charge in [-0.2, -0.15) is 0 Å². The number of hydrogen-bond acceptors (Lipinski definition) is 2. The molecule has 0 radical (unpaired) electrons. The van der Waals surface area contributed by atoms with E-state index in [1.165, 1.54) is 0 Å². The maximum absolute atomic E-state index is 11.5. The smallest absolute Gasteiger partial charge is 0.211 e. The van der Waals surface area contributed by atoms with E-state index >= 15 is 0 Å². The molecule has 1 atom stereocenters. The number of hydrogen-bond donors (Lipinski definition) is 1. The van der Waals surface area contributed by atoms with Crippen LogP contribution >= 0.6 is 0 Å². The first-order chi connectivity index (χ1) is 6.06. The Labute approximate surface area is 79.6 Å². The largest absolute Gasteiger partial charge is 0.240 e. The van der Waals surface area contributed by atoms with Crippen molar-refractivity contribution in [1.82, 2.24) is 4.72 Å². The highest BCUT2D eigenvalue weighted by atomic mass is 32.2. The van der Waals surface area contributed by atoms with E-state index in [-0.39, 0.29) is 0 Å². The van der Waals surface area contributed by atoms with Gasteiger partial charge in [0, 0.05) is 6.54 Å². The third kappa shape index (κ3) is 2.67. The molecular weight excluding hydrogens is 186 g/mol. The molecule has 13 heavy (non-hydrogen) atoms. The fourth-order valence-corrected chi connectivity index (χ4v) is 2.30. The highest BCUT2D eigenvalue weighted by Gasteiger charge is 2.16. The van der Waals surface area contributed by atoms with Crippen LogP contribution in [-0.4, -0.2) is 15.0 Å².